The number of benzene rings is 1. The molecule has 0 bridgehead atoms. The normalized spacial score (nSPS) is 18.4. The van der Waals surface area contributed by atoms with E-state index in [2.05, 4.69) is 29.2 Å². The number of aryl methyl sites for hydroxylation is 1. The summed E-state index contributed by atoms with van der Waals surface area (Å²) in [4.78, 5) is 4.57. The molecule has 1 heterocycles. The van der Waals surface area contributed by atoms with Crippen LogP contribution >= 0.6 is 0 Å². The Hall–Kier alpha value is -1.68. The molecule has 1 aliphatic rings. The summed E-state index contributed by atoms with van der Waals surface area (Å²) < 4.78 is 5.49. The molecule has 4 nitrogen and oxygen atoms in total. The lowest BCUT2D eigenvalue weighted by Crippen LogP contribution is -2.36. The van der Waals surface area contributed by atoms with Crippen LogP contribution in [-0.2, 0) is 12.0 Å². The monoisotopic (exact) mass is 285 g/mol. The maximum Gasteiger partial charge on any atom is 0.247 e. The van der Waals surface area contributed by atoms with Crippen molar-refractivity contribution in [1.29, 1.82) is 0 Å². The zero-order valence-corrected chi connectivity index (χ0v) is 12.6. The van der Waals surface area contributed by atoms with Gasteiger partial charge in [-0.3, -0.25) is 0 Å². The number of aromatic nitrogens is 2. The molecular formula is C17H23N3O. The predicted octanol–water partition coefficient (Wildman–Crippen LogP) is 3.81. The van der Waals surface area contributed by atoms with Crippen LogP contribution in [0.3, 0.4) is 0 Å². The Morgan fingerprint density at radius 2 is 1.76 bits per heavy atom. The van der Waals surface area contributed by atoms with Crippen LogP contribution in [-0.4, -0.2) is 10.1 Å². The largest absolute Gasteiger partial charge is 0.337 e. The third-order valence-electron chi connectivity index (χ3n) is 4.47. The summed E-state index contributed by atoms with van der Waals surface area (Å²) in [5.41, 5.74) is 8.37. The topological polar surface area (TPSA) is 64.9 Å². The lowest BCUT2D eigenvalue weighted by molar-refractivity contribution is 0.257. The van der Waals surface area contributed by atoms with Crippen LogP contribution in [0.4, 0.5) is 0 Å². The third-order valence-corrected chi connectivity index (χ3v) is 4.47. The molecule has 0 unspecified atom stereocenters. The summed E-state index contributed by atoms with van der Waals surface area (Å²) >= 11 is 0. The van der Waals surface area contributed by atoms with Gasteiger partial charge in [0.05, 0.1) is 5.54 Å². The van der Waals surface area contributed by atoms with Gasteiger partial charge in [-0.1, -0.05) is 62.0 Å². The molecule has 1 aliphatic carbocycles. The molecule has 112 valence electrons. The Morgan fingerprint density at radius 3 is 2.38 bits per heavy atom. The van der Waals surface area contributed by atoms with Gasteiger partial charge in [0.1, 0.15) is 0 Å². The fourth-order valence-electron chi connectivity index (χ4n) is 3.01. The molecule has 2 aromatic rings. The van der Waals surface area contributed by atoms with E-state index < -0.39 is 5.54 Å². The van der Waals surface area contributed by atoms with Crippen LogP contribution in [0.25, 0.3) is 11.4 Å². The molecule has 2 N–H and O–H groups in total. The fourth-order valence-corrected chi connectivity index (χ4v) is 3.01. The van der Waals surface area contributed by atoms with Gasteiger partial charge in [-0.05, 0) is 24.8 Å². The molecule has 1 aromatic heterocycles. The summed E-state index contributed by atoms with van der Waals surface area (Å²) in [7, 11) is 0. The van der Waals surface area contributed by atoms with Gasteiger partial charge in [-0.15, -0.1) is 0 Å². The van der Waals surface area contributed by atoms with Crippen molar-refractivity contribution >= 4 is 0 Å². The van der Waals surface area contributed by atoms with Crippen LogP contribution in [0.5, 0.6) is 0 Å². The Labute approximate surface area is 125 Å². The van der Waals surface area contributed by atoms with E-state index in [0.717, 1.165) is 37.7 Å². The second-order valence-electron chi connectivity index (χ2n) is 6.04. The Kier molecular flexibility index (Phi) is 4.06. The first-order valence-electron chi connectivity index (χ1n) is 7.94. The number of rotatable bonds is 3. The molecule has 0 radical (unpaired) electrons. The summed E-state index contributed by atoms with van der Waals surface area (Å²) in [6, 6.07) is 8.30. The highest BCUT2D eigenvalue weighted by Gasteiger charge is 2.34. The van der Waals surface area contributed by atoms with Crippen molar-refractivity contribution in [2.45, 2.75) is 57.4 Å². The lowest BCUT2D eigenvalue weighted by atomic mass is 9.91. The van der Waals surface area contributed by atoms with E-state index >= 15 is 0 Å². The molecule has 0 spiro atoms. The molecule has 1 fully saturated rings. The predicted molar refractivity (Wildman–Crippen MR) is 82.7 cm³/mol. The summed E-state index contributed by atoms with van der Waals surface area (Å²) in [6.07, 6.45) is 7.67. The molecule has 3 rings (SSSR count). The Balaban J connectivity index is 1.84. The van der Waals surface area contributed by atoms with Crippen molar-refractivity contribution in [1.82, 2.24) is 10.1 Å². The number of nitrogens with zero attached hydrogens (tertiary/aromatic N) is 2. The minimum Gasteiger partial charge on any atom is -0.337 e. The van der Waals surface area contributed by atoms with Crippen LogP contribution in [0.2, 0.25) is 0 Å². The molecule has 1 aromatic carbocycles. The molecule has 0 amide bonds. The zero-order chi connectivity index (χ0) is 14.7. The first kappa shape index (κ1) is 14.3. The highest BCUT2D eigenvalue weighted by Crippen LogP contribution is 2.33. The highest BCUT2D eigenvalue weighted by molar-refractivity contribution is 5.54. The van der Waals surface area contributed by atoms with Crippen molar-refractivity contribution in [2.24, 2.45) is 5.73 Å². The maximum atomic E-state index is 6.52. The van der Waals surface area contributed by atoms with Crippen LogP contribution in [0, 0.1) is 0 Å². The Bertz CT molecular complexity index is 580. The minimum absolute atomic E-state index is 0.439. The lowest BCUT2D eigenvalue weighted by Gasteiger charge is -2.22. The van der Waals surface area contributed by atoms with Gasteiger partial charge in [-0.25, -0.2) is 0 Å². The van der Waals surface area contributed by atoms with Crippen molar-refractivity contribution in [2.75, 3.05) is 0 Å². The van der Waals surface area contributed by atoms with Crippen molar-refractivity contribution in [3.05, 3.63) is 35.7 Å². The van der Waals surface area contributed by atoms with Gasteiger partial charge in [0.15, 0.2) is 0 Å². The summed E-state index contributed by atoms with van der Waals surface area (Å²) in [5.74, 6) is 1.24. The van der Waals surface area contributed by atoms with Crippen LogP contribution < -0.4 is 5.73 Å². The van der Waals surface area contributed by atoms with Gasteiger partial charge in [0, 0.05) is 5.56 Å². The SMILES string of the molecule is CCc1ccc(-c2noc(C3(N)CCCCCC3)n2)cc1. The van der Waals surface area contributed by atoms with Crippen molar-refractivity contribution in [3.63, 3.8) is 0 Å². The molecule has 4 heteroatoms. The van der Waals surface area contributed by atoms with E-state index in [9.17, 15) is 0 Å². The fraction of sp³-hybridized carbons (Fsp3) is 0.529. The third kappa shape index (κ3) is 3.00. The number of hydrogen-bond donors (Lipinski definition) is 1. The molecule has 0 atom stereocenters. The minimum atomic E-state index is -0.439. The van der Waals surface area contributed by atoms with Crippen LogP contribution in [0.1, 0.15) is 56.9 Å². The van der Waals surface area contributed by atoms with E-state index in [4.69, 9.17) is 10.3 Å². The first-order valence-corrected chi connectivity index (χ1v) is 7.94. The smallest absolute Gasteiger partial charge is 0.247 e. The highest BCUT2D eigenvalue weighted by atomic mass is 16.5. The molecule has 0 aliphatic heterocycles. The average molecular weight is 285 g/mol. The quantitative estimate of drug-likeness (QED) is 0.871. The summed E-state index contributed by atoms with van der Waals surface area (Å²) in [6.45, 7) is 2.14. The number of hydrogen-bond acceptors (Lipinski definition) is 4. The maximum absolute atomic E-state index is 6.52. The second kappa shape index (κ2) is 5.98. The Morgan fingerprint density at radius 1 is 1.10 bits per heavy atom. The van der Waals surface area contributed by atoms with E-state index in [1.165, 1.54) is 18.4 Å². The van der Waals surface area contributed by atoms with E-state index in [-0.39, 0.29) is 0 Å². The van der Waals surface area contributed by atoms with Gasteiger partial charge < -0.3 is 10.3 Å². The number of nitrogens with two attached hydrogens (primary N) is 1. The van der Waals surface area contributed by atoms with E-state index in [1.54, 1.807) is 0 Å². The van der Waals surface area contributed by atoms with E-state index in [1.807, 2.05) is 12.1 Å². The molecular weight excluding hydrogens is 262 g/mol. The van der Waals surface area contributed by atoms with Crippen molar-refractivity contribution in [3.8, 4) is 11.4 Å². The van der Waals surface area contributed by atoms with Gasteiger partial charge >= 0.3 is 0 Å². The standard InChI is InChI=1S/C17H23N3O/c1-2-13-7-9-14(10-8-13)15-19-16(21-20-15)17(18)11-5-3-4-6-12-17/h7-10H,2-6,11-12,18H2,1H3. The second-order valence-corrected chi connectivity index (χ2v) is 6.04. The zero-order valence-electron chi connectivity index (χ0n) is 12.6. The first-order chi connectivity index (χ1) is 10.2. The van der Waals surface area contributed by atoms with Crippen molar-refractivity contribution < 1.29 is 4.52 Å². The van der Waals surface area contributed by atoms with Crippen LogP contribution in [0.15, 0.2) is 28.8 Å². The average Bonchev–Trinajstić information content (AvgIpc) is 2.92. The molecule has 21 heavy (non-hydrogen) atoms. The van der Waals surface area contributed by atoms with Gasteiger partial charge in [0.2, 0.25) is 11.7 Å². The summed E-state index contributed by atoms with van der Waals surface area (Å²) in [5, 5.41) is 4.13. The van der Waals surface area contributed by atoms with Gasteiger partial charge in [-0.2, -0.15) is 4.98 Å². The van der Waals surface area contributed by atoms with E-state index in [0.29, 0.717) is 11.7 Å². The molecule has 0 saturated heterocycles. The molecule has 1 saturated carbocycles. The van der Waals surface area contributed by atoms with Gasteiger partial charge in [0.25, 0.3) is 0 Å².